The van der Waals surface area contributed by atoms with Crippen LogP contribution < -0.4 is 5.32 Å². The van der Waals surface area contributed by atoms with Crippen molar-refractivity contribution in [2.45, 2.75) is 46.0 Å². The molecule has 4 heterocycles. The van der Waals surface area contributed by atoms with E-state index in [0.717, 1.165) is 16.7 Å². The third kappa shape index (κ3) is 5.44. The van der Waals surface area contributed by atoms with Crippen LogP contribution in [0.3, 0.4) is 0 Å². The summed E-state index contributed by atoms with van der Waals surface area (Å²) in [5, 5.41) is 3.42. The number of rotatable bonds is 6. The number of hydrogen-bond donors (Lipinski definition) is 1. The number of anilines is 1. The summed E-state index contributed by atoms with van der Waals surface area (Å²) in [7, 11) is 0. The number of aryl methyl sites for hydroxylation is 2. The zero-order chi connectivity index (χ0) is 27.8. The molecule has 1 N–H and O–H groups in total. The summed E-state index contributed by atoms with van der Waals surface area (Å²) in [6, 6.07) is 8.15. The van der Waals surface area contributed by atoms with Crippen LogP contribution in [0.15, 0.2) is 53.5 Å². The number of fused-ring (bicyclic) bond motifs is 1. The second-order valence-electron chi connectivity index (χ2n) is 9.66. The predicted molar refractivity (Wildman–Crippen MR) is 148 cm³/mol. The van der Waals surface area contributed by atoms with Gasteiger partial charge in [0, 0.05) is 47.0 Å². The SMILES string of the molecule is CC(=O)c1cn(CC(=O)N2C[C@H](F)C[C@H]2C(=O)Nc2nc(Br)ccc2C)c2ccc(-c3cnc(C)nc3)cc12. The molecule has 11 heteroatoms. The van der Waals surface area contributed by atoms with Gasteiger partial charge in [-0.3, -0.25) is 14.4 Å². The average molecular weight is 593 g/mol. The molecule has 39 heavy (non-hydrogen) atoms. The quantitative estimate of drug-likeness (QED) is 0.258. The van der Waals surface area contributed by atoms with Crippen LogP contribution in [-0.4, -0.2) is 60.8 Å². The number of ketones is 1. The van der Waals surface area contributed by atoms with Gasteiger partial charge in [0.2, 0.25) is 11.8 Å². The van der Waals surface area contributed by atoms with Crippen molar-refractivity contribution < 1.29 is 18.8 Å². The third-order valence-electron chi connectivity index (χ3n) is 6.86. The summed E-state index contributed by atoms with van der Waals surface area (Å²) in [6.07, 6.45) is 3.64. The number of amides is 2. The number of likely N-dealkylation sites (tertiary alicyclic amines) is 1. The summed E-state index contributed by atoms with van der Waals surface area (Å²) < 4.78 is 16.7. The number of alkyl halides is 1. The number of nitrogens with zero attached hydrogens (tertiary/aromatic N) is 5. The number of nitrogens with one attached hydrogen (secondary N) is 1. The Bertz CT molecular complexity index is 1600. The topological polar surface area (TPSA) is 110 Å². The Kier molecular flexibility index (Phi) is 7.26. The Morgan fingerprint density at radius 1 is 1.10 bits per heavy atom. The molecule has 0 aliphatic carbocycles. The van der Waals surface area contributed by atoms with Gasteiger partial charge in [-0.1, -0.05) is 12.1 Å². The van der Waals surface area contributed by atoms with Crippen molar-refractivity contribution >= 4 is 50.2 Å². The standard InChI is InChI=1S/C28H26BrFN6O3/c1-15-4-7-25(29)33-27(15)34-28(39)24-9-20(30)12-36(24)26(38)14-35-13-22(16(2)37)21-8-18(5-6-23(21)35)19-10-31-17(3)32-11-19/h4-8,10-11,13,20,24H,9,12,14H2,1-3H3,(H,33,34,39)/t20-,24+/m1/s1. The summed E-state index contributed by atoms with van der Waals surface area (Å²) in [5.74, 6) is -0.0634. The molecule has 9 nitrogen and oxygen atoms in total. The van der Waals surface area contributed by atoms with E-state index in [0.29, 0.717) is 32.7 Å². The lowest BCUT2D eigenvalue weighted by molar-refractivity contribution is -0.137. The number of Topliss-reactive ketones (excluding diaryl/α,β-unsaturated/α-hetero) is 1. The van der Waals surface area contributed by atoms with Crippen molar-refractivity contribution in [3.63, 3.8) is 0 Å². The van der Waals surface area contributed by atoms with E-state index >= 15 is 0 Å². The van der Waals surface area contributed by atoms with Crippen molar-refractivity contribution in [2.24, 2.45) is 0 Å². The van der Waals surface area contributed by atoms with E-state index < -0.39 is 24.0 Å². The number of pyridine rings is 1. The largest absolute Gasteiger partial charge is 0.337 e. The fraction of sp³-hybridized carbons (Fsp3) is 0.286. The Hall–Kier alpha value is -3.99. The van der Waals surface area contributed by atoms with Crippen LogP contribution in [0.5, 0.6) is 0 Å². The number of aromatic nitrogens is 4. The fourth-order valence-corrected chi connectivity index (χ4v) is 5.12. The molecule has 4 aromatic rings. The van der Waals surface area contributed by atoms with E-state index in [2.05, 4.69) is 36.2 Å². The van der Waals surface area contributed by atoms with Crippen LogP contribution in [0.1, 0.15) is 35.1 Å². The number of carbonyl (C=O) groups is 3. The van der Waals surface area contributed by atoms with E-state index in [1.54, 1.807) is 49.1 Å². The van der Waals surface area contributed by atoms with Crippen molar-refractivity contribution in [1.82, 2.24) is 24.4 Å². The maximum Gasteiger partial charge on any atom is 0.248 e. The van der Waals surface area contributed by atoms with Crippen LogP contribution in [0, 0.1) is 13.8 Å². The van der Waals surface area contributed by atoms with E-state index in [1.807, 2.05) is 18.2 Å². The van der Waals surface area contributed by atoms with Crippen molar-refractivity contribution in [2.75, 3.05) is 11.9 Å². The Morgan fingerprint density at radius 2 is 1.85 bits per heavy atom. The number of halogens is 2. The molecular weight excluding hydrogens is 567 g/mol. The number of carbonyl (C=O) groups excluding carboxylic acids is 3. The molecule has 0 unspecified atom stereocenters. The molecule has 0 bridgehead atoms. The highest BCUT2D eigenvalue weighted by Crippen LogP contribution is 2.29. The molecule has 1 fully saturated rings. The molecule has 0 saturated carbocycles. The smallest absolute Gasteiger partial charge is 0.248 e. The number of benzene rings is 1. The average Bonchev–Trinajstić information content (AvgIpc) is 3.47. The van der Waals surface area contributed by atoms with Gasteiger partial charge in [0.15, 0.2) is 5.78 Å². The second kappa shape index (κ2) is 10.6. The first-order chi connectivity index (χ1) is 18.6. The van der Waals surface area contributed by atoms with Crippen LogP contribution in [0.4, 0.5) is 10.2 Å². The van der Waals surface area contributed by atoms with Gasteiger partial charge in [-0.25, -0.2) is 19.3 Å². The molecule has 1 aromatic carbocycles. The summed E-state index contributed by atoms with van der Waals surface area (Å²) >= 11 is 3.28. The van der Waals surface area contributed by atoms with Crippen LogP contribution in [0.2, 0.25) is 0 Å². The lowest BCUT2D eigenvalue weighted by Gasteiger charge is -2.24. The first-order valence-electron chi connectivity index (χ1n) is 12.4. The fourth-order valence-electron chi connectivity index (χ4n) is 4.81. The zero-order valence-electron chi connectivity index (χ0n) is 21.6. The van der Waals surface area contributed by atoms with Gasteiger partial charge in [0.1, 0.15) is 35.0 Å². The van der Waals surface area contributed by atoms with Gasteiger partial charge in [-0.2, -0.15) is 0 Å². The Morgan fingerprint density at radius 3 is 2.56 bits per heavy atom. The van der Waals surface area contributed by atoms with Gasteiger partial charge in [0.25, 0.3) is 0 Å². The lowest BCUT2D eigenvalue weighted by atomic mass is 10.0. The summed E-state index contributed by atoms with van der Waals surface area (Å²) in [6.45, 7) is 4.73. The molecule has 5 rings (SSSR count). The lowest BCUT2D eigenvalue weighted by Crippen LogP contribution is -2.44. The Balaban J connectivity index is 1.41. The van der Waals surface area contributed by atoms with E-state index in [1.165, 1.54) is 11.8 Å². The maximum atomic E-state index is 14.5. The Labute approximate surface area is 232 Å². The molecule has 2 atom stereocenters. The van der Waals surface area contributed by atoms with E-state index in [4.69, 9.17) is 0 Å². The highest BCUT2D eigenvalue weighted by molar-refractivity contribution is 9.10. The van der Waals surface area contributed by atoms with Crippen LogP contribution >= 0.6 is 15.9 Å². The van der Waals surface area contributed by atoms with E-state index in [9.17, 15) is 18.8 Å². The molecule has 1 aliphatic rings. The molecular formula is C28H26BrFN6O3. The first kappa shape index (κ1) is 26.6. The van der Waals surface area contributed by atoms with Crippen LogP contribution in [0.25, 0.3) is 22.0 Å². The summed E-state index contributed by atoms with van der Waals surface area (Å²) in [5.41, 5.74) is 3.52. The van der Waals surface area contributed by atoms with E-state index in [-0.39, 0.29) is 25.3 Å². The maximum absolute atomic E-state index is 14.5. The van der Waals surface area contributed by atoms with Gasteiger partial charge in [-0.15, -0.1) is 0 Å². The van der Waals surface area contributed by atoms with Crippen LogP contribution in [-0.2, 0) is 16.1 Å². The molecule has 0 radical (unpaired) electrons. The third-order valence-corrected chi connectivity index (χ3v) is 7.30. The molecule has 1 aliphatic heterocycles. The summed E-state index contributed by atoms with van der Waals surface area (Å²) in [4.78, 5) is 53.0. The molecule has 200 valence electrons. The minimum absolute atomic E-state index is 0.0995. The highest BCUT2D eigenvalue weighted by Gasteiger charge is 2.40. The van der Waals surface area contributed by atoms with Gasteiger partial charge >= 0.3 is 0 Å². The molecule has 1 saturated heterocycles. The minimum atomic E-state index is -1.32. The molecule has 3 aromatic heterocycles. The normalized spacial score (nSPS) is 17.0. The first-order valence-corrected chi connectivity index (χ1v) is 13.2. The second-order valence-corrected chi connectivity index (χ2v) is 10.5. The predicted octanol–water partition coefficient (Wildman–Crippen LogP) is 4.65. The zero-order valence-corrected chi connectivity index (χ0v) is 23.2. The molecule has 2 amide bonds. The number of hydrogen-bond acceptors (Lipinski definition) is 6. The highest BCUT2D eigenvalue weighted by atomic mass is 79.9. The van der Waals surface area contributed by atoms with Crippen molar-refractivity contribution in [3.05, 3.63) is 70.5 Å². The molecule has 0 spiro atoms. The van der Waals surface area contributed by atoms with Gasteiger partial charge < -0.3 is 14.8 Å². The van der Waals surface area contributed by atoms with Crippen molar-refractivity contribution in [3.8, 4) is 11.1 Å². The minimum Gasteiger partial charge on any atom is -0.337 e. The van der Waals surface area contributed by atoms with Gasteiger partial charge in [0.05, 0.1) is 6.54 Å². The van der Waals surface area contributed by atoms with Gasteiger partial charge in [-0.05, 0) is 66.0 Å². The monoisotopic (exact) mass is 592 g/mol. The van der Waals surface area contributed by atoms with Crippen molar-refractivity contribution in [1.29, 1.82) is 0 Å².